The Balaban J connectivity index is 1.19. The van der Waals surface area contributed by atoms with Gasteiger partial charge in [-0.05, 0) is 6.07 Å². The van der Waals surface area contributed by atoms with E-state index in [4.69, 9.17) is 15.2 Å². The molecule has 25 heteroatoms. The van der Waals surface area contributed by atoms with Crippen molar-refractivity contribution in [3.05, 3.63) is 42.2 Å². The predicted octanol–water partition coefficient (Wildman–Crippen LogP) is -2.72. The number of fused-ring (bicyclic) bond motifs is 1. The van der Waals surface area contributed by atoms with Gasteiger partial charge in [-0.2, -0.15) is 8.88 Å². The predicted molar refractivity (Wildman–Crippen MR) is 145 cm³/mol. The number of aromatic carboxylic acids is 2. The molecule has 2 aliphatic heterocycles. The zero-order valence-electron chi connectivity index (χ0n) is 23.4. The summed E-state index contributed by atoms with van der Waals surface area (Å²) in [7, 11) is -11.0. The van der Waals surface area contributed by atoms with Crippen molar-refractivity contribution in [2.45, 2.75) is 49.1 Å². The first-order valence-electron chi connectivity index (χ1n) is 13.1. The third-order valence-electron chi connectivity index (χ3n) is 7.08. The number of hydrogen-bond acceptors (Lipinski definition) is 17. The van der Waals surface area contributed by atoms with Crippen LogP contribution in [0, 0.1) is 0 Å². The van der Waals surface area contributed by atoms with Gasteiger partial charge in [0.25, 0.3) is 6.23 Å². The third-order valence-corrected chi connectivity index (χ3v) is 9.68. The lowest BCUT2D eigenvalue weighted by molar-refractivity contribution is -0.767. The average Bonchev–Trinajstić information content (AvgIpc) is 3.64. The smallest absolute Gasteiger partial charge is 0.477 e. The van der Waals surface area contributed by atoms with E-state index in [9.17, 15) is 59.1 Å². The highest BCUT2D eigenvalue weighted by Crippen LogP contribution is 2.60. The highest BCUT2D eigenvalue weighted by molar-refractivity contribution is 7.61. The van der Waals surface area contributed by atoms with Crippen LogP contribution < -0.4 is 10.3 Å². The minimum Gasteiger partial charge on any atom is -0.477 e. The number of aliphatic hydroxyl groups is 4. The quantitative estimate of drug-likeness (QED) is 0.0681. The summed E-state index contributed by atoms with van der Waals surface area (Å²) in [6, 6.07) is 2.11. The number of nitrogens with two attached hydrogens (primary N) is 1. The van der Waals surface area contributed by atoms with E-state index < -0.39 is 101 Å². The number of nitrogens with zero attached hydrogens (tertiary/aromatic N) is 5. The molecule has 0 aliphatic carbocycles. The van der Waals surface area contributed by atoms with E-state index in [0.717, 1.165) is 24.7 Å². The highest BCUT2D eigenvalue weighted by atomic mass is 31.3. The van der Waals surface area contributed by atoms with Crippen LogP contribution in [0.3, 0.4) is 0 Å². The Kier molecular flexibility index (Phi) is 9.74. The fourth-order valence-electron chi connectivity index (χ4n) is 4.90. The minimum absolute atomic E-state index is 0.0254. The van der Waals surface area contributed by atoms with E-state index in [-0.39, 0.29) is 17.0 Å². The first-order chi connectivity index (χ1) is 22.0. The molecular weight excluding hydrogens is 682 g/mol. The topological polar surface area (TPSA) is 350 Å². The molecule has 0 bridgehead atoms. The summed E-state index contributed by atoms with van der Waals surface area (Å²) >= 11 is 0. The van der Waals surface area contributed by atoms with Gasteiger partial charge in [0.05, 0.1) is 19.5 Å². The molecule has 0 saturated carbocycles. The first-order valence-corrected chi connectivity index (χ1v) is 16.1. The van der Waals surface area contributed by atoms with Gasteiger partial charge in [-0.1, -0.05) is 0 Å². The number of carboxylic acids is 2. The van der Waals surface area contributed by atoms with Crippen LogP contribution in [0.25, 0.3) is 11.2 Å². The summed E-state index contributed by atoms with van der Waals surface area (Å²) in [5.74, 6) is -3.30. The SMILES string of the molecule is Nc1ncnc2c1ncn2[C@@H]1O[C@H](COP(=O)(O)OP(=O)(O)OC[C@@H]2O[C@H]([n+]3cccc(C(=O)O)c3C(=O)O)[C@@H](O)[C@H]2O)[C@@H](O)[C@H]1O. The molecular formula is C22H27N6O17P2+. The minimum atomic E-state index is -5.50. The van der Waals surface area contributed by atoms with Crippen LogP contribution >= 0.6 is 15.6 Å². The van der Waals surface area contributed by atoms with Crippen molar-refractivity contribution in [3.8, 4) is 0 Å². The lowest BCUT2D eigenvalue weighted by atomic mass is 10.1. The molecule has 3 aromatic rings. The van der Waals surface area contributed by atoms with Crippen molar-refractivity contribution in [3.63, 3.8) is 0 Å². The summed E-state index contributed by atoms with van der Waals surface area (Å²) in [5.41, 5.74) is 4.55. The van der Waals surface area contributed by atoms with Gasteiger partial charge in [0, 0.05) is 6.07 Å². The van der Waals surface area contributed by atoms with Gasteiger partial charge in [-0.15, -0.1) is 0 Å². The number of phosphoric acid groups is 2. The van der Waals surface area contributed by atoms with Crippen LogP contribution in [-0.4, -0.2) is 122 Å². The fraction of sp³-hybridized carbons (Fsp3) is 0.455. The van der Waals surface area contributed by atoms with E-state index in [1.807, 2.05) is 0 Å². The molecule has 10 atom stereocenters. The molecule has 5 rings (SSSR count). The second-order valence-corrected chi connectivity index (χ2v) is 13.1. The van der Waals surface area contributed by atoms with Gasteiger partial charge in [0.2, 0.25) is 0 Å². The summed E-state index contributed by atoms with van der Waals surface area (Å²) in [5, 5.41) is 60.6. The third kappa shape index (κ3) is 7.03. The number of aromatic nitrogens is 5. The first kappa shape index (κ1) is 34.8. The van der Waals surface area contributed by atoms with Crippen LogP contribution in [0.2, 0.25) is 0 Å². The van der Waals surface area contributed by atoms with E-state index in [0.29, 0.717) is 4.57 Å². The number of nitrogen functional groups attached to an aromatic ring is 1. The van der Waals surface area contributed by atoms with Gasteiger partial charge >= 0.3 is 33.3 Å². The molecule has 0 spiro atoms. The Labute approximate surface area is 261 Å². The second-order valence-electron chi connectivity index (χ2n) is 10.1. The number of aliphatic hydroxyl groups excluding tert-OH is 4. The Morgan fingerprint density at radius 2 is 1.53 bits per heavy atom. The monoisotopic (exact) mass is 709 g/mol. The number of ether oxygens (including phenoxy) is 2. The Morgan fingerprint density at radius 3 is 2.15 bits per heavy atom. The van der Waals surface area contributed by atoms with Crippen molar-refractivity contribution in [1.29, 1.82) is 0 Å². The van der Waals surface area contributed by atoms with Crippen molar-refractivity contribution >= 4 is 44.6 Å². The molecule has 10 N–H and O–H groups in total. The normalized spacial score (nSPS) is 30.3. The summed E-state index contributed by atoms with van der Waals surface area (Å²) < 4.78 is 51.3. The zero-order chi connectivity index (χ0) is 34.4. The van der Waals surface area contributed by atoms with E-state index in [1.54, 1.807) is 0 Å². The molecule has 2 saturated heterocycles. The van der Waals surface area contributed by atoms with Gasteiger partial charge in [0.1, 0.15) is 47.9 Å². The molecule has 2 aliphatic rings. The number of rotatable bonds is 12. The van der Waals surface area contributed by atoms with Crippen LogP contribution in [-0.2, 0) is 32.0 Å². The van der Waals surface area contributed by atoms with E-state index in [1.165, 1.54) is 10.9 Å². The summed E-state index contributed by atoms with van der Waals surface area (Å²) in [4.78, 5) is 55.1. The lowest BCUT2D eigenvalue weighted by Gasteiger charge is -2.20. The molecule has 47 heavy (non-hydrogen) atoms. The number of pyridine rings is 1. The van der Waals surface area contributed by atoms with Gasteiger partial charge < -0.3 is 55.6 Å². The average molecular weight is 709 g/mol. The molecule has 256 valence electrons. The Bertz CT molecular complexity index is 1780. The van der Waals surface area contributed by atoms with Gasteiger partial charge in [0.15, 0.2) is 30.0 Å². The number of phosphoric ester groups is 2. The fourth-order valence-corrected chi connectivity index (χ4v) is 6.99. The number of carboxylic acid groups (broad SMARTS) is 2. The molecule has 0 radical (unpaired) electrons. The molecule has 5 heterocycles. The van der Waals surface area contributed by atoms with Crippen LogP contribution in [0.5, 0.6) is 0 Å². The van der Waals surface area contributed by atoms with Gasteiger partial charge in [-0.3, -0.25) is 13.6 Å². The maximum Gasteiger partial charge on any atom is 0.481 e. The van der Waals surface area contributed by atoms with Gasteiger partial charge in [-0.25, -0.2) is 33.7 Å². The lowest BCUT2D eigenvalue weighted by Crippen LogP contribution is -2.51. The maximum atomic E-state index is 12.5. The Morgan fingerprint density at radius 1 is 0.915 bits per heavy atom. The van der Waals surface area contributed by atoms with Crippen molar-refractivity contribution in [2.24, 2.45) is 0 Å². The highest BCUT2D eigenvalue weighted by Gasteiger charge is 2.52. The van der Waals surface area contributed by atoms with E-state index in [2.05, 4.69) is 28.3 Å². The number of carbonyl (C=O) groups is 2. The second kappa shape index (κ2) is 13.2. The number of anilines is 1. The van der Waals surface area contributed by atoms with Crippen molar-refractivity contribution in [1.82, 2.24) is 19.5 Å². The van der Waals surface area contributed by atoms with Crippen molar-refractivity contribution < 1.29 is 86.5 Å². The zero-order valence-corrected chi connectivity index (χ0v) is 25.2. The van der Waals surface area contributed by atoms with E-state index >= 15 is 0 Å². The van der Waals surface area contributed by atoms with Crippen LogP contribution in [0.1, 0.15) is 33.3 Å². The molecule has 2 unspecified atom stereocenters. The standard InChI is InChI=1S/C22H26N6O17P2/c23-17-11-18(25-6-24-17)28(7-26-11)20-16(32)14(30)10(44-20)5-42-47(39,40)45-46(37,38)41-4-9-13(29)15(31)19(43-9)27-3-1-2-8(21(33)34)12(27)22(35)36/h1-3,6-7,9-10,13-16,19-20,29-32H,4-5H2,(H5-,23,24,25,33,34,35,36,37,38,39,40)/p+1/t9-,10+,13-,14+,15-,16+,19-,20+/m0/s1. The number of imidazole rings is 1. The molecule has 23 nitrogen and oxygen atoms in total. The van der Waals surface area contributed by atoms with Crippen molar-refractivity contribution in [2.75, 3.05) is 18.9 Å². The molecule has 0 aromatic carbocycles. The largest absolute Gasteiger partial charge is 0.481 e. The summed E-state index contributed by atoms with van der Waals surface area (Å²) in [6.07, 6.45) is -9.94. The molecule has 2 fully saturated rings. The summed E-state index contributed by atoms with van der Waals surface area (Å²) in [6.45, 7) is -2.03. The van der Waals surface area contributed by atoms with Crippen LogP contribution in [0.15, 0.2) is 31.0 Å². The maximum absolute atomic E-state index is 12.5. The Hall–Kier alpha value is -3.54. The van der Waals surface area contributed by atoms with Crippen LogP contribution in [0.4, 0.5) is 5.82 Å². The molecule has 0 amide bonds. The molecule has 3 aromatic heterocycles. The number of hydrogen-bond donors (Lipinski definition) is 9.